The van der Waals surface area contributed by atoms with E-state index < -0.39 is 0 Å². The Morgan fingerprint density at radius 1 is 1.09 bits per heavy atom. The van der Waals surface area contributed by atoms with Crippen molar-refractivity contribution in [3.05, 3.63) is 29.8 Å². The zero-order valence-electron chi connectivity index (χ0n) is 7.46. The third kappa shape index (κ3) is 4.10. The van der Waals surface area contributed by atoms with Gasteiger partial charge in [0.15, 0.2) is 0 Å². The fourth-order valence-corrected chi connectivity index (χ4v) is 0.881. The molecule has 11 heavy (non-hydrogen) atoms. The van der Waals surface area contributed by atoms with Gasteiger partial charge in [0.1, 0.15) is 0 Å². The molecular weight excluding hydrogens is 152 g/mol. The third-order valence-corrected chi connectivity index (χ3v) is 1.64. The predicted octanol–water partition coefficient (Wildman–Crippen LogP) is 3.56. The molecule has 0 spiro atoms. The summed E-state index contributed by atoms with van der Waals surface area (Å²) in [7, 11) is 0. The molecule has 0 unspecified atom stereocenters. The van der Waals surface area contributed by atoms with E-state index in [2.05, 4.69) is 31.7 Å². The highest BCUT2D eigenvalue weighted by Crippen LogP contribution is 2.07. The number of hydrogen-bond donors (Lipinski definition) is 1. The van der Waals surface area contributed by atoms with Gasteiger partial charge in [0, 0.05) is 4.90 Å². The van der Waals surface area contributed by atoms with Crippen LogP contribution >= 0.6 is 12.6 Å². The van der Waals surface area contributed by atoms with Crippen LogP contribution in [0.4, 0.5) is 0 Å². The zero-order chi connectivity index (χ0) is 8.69. The average Bonchev–Trinajstić information content (AvgIpc) is 2.10. The van der Waals surface area contributed by atoms with Crippen LogP contribution in [-0.4, -0.2) is 0 Å². The van der Waals surface area contributed by atoms with Crippen molar-refractivity contribution in [3.8, 4) is 0 Å². The topological polar surface area (TPSA) is 0 Å². The molecule has 0 aliphatic carbocycles. The lowest BCUT2D eigenvalue weighted by molar-refractivity contribution is 1.13. The lowest BCUT2D eigenvalue weighted by Crippen LogP contribution is -1.76. The van der Waals surface area contributed by atoms with Gasteiger partial charge in [-0.2, -0.15) is 0 Å². The lowest BCUT2D eigenvalue weighted by atomic mass is 10.2. The number of benzene rings is 1. The van der Waals surface area contributed by atoms with Crippen molar-refractivity contribution < 1.29 is 0 Å². The summed E-state index contributed by atoms with van der Waals surface area (Å²) in [5.41, 5.74) is 1.37. The van der Waals surface area contributed by atoms with E-state index >= 15 is 0 Å². The molecule has 1 heteroatoms. The zero-order valence-corrected chi connectivity index (χ0v) is 8.36. The van der Waals surface area contributed by atoms with Crippen LogP contribution in [0.2, 0.25) is 0 Å². The normalized spacial score (nSPS) is 8.36. The number of hydrogen-bond acceptors (Lipinski definition) is 1. The van der Waals surface area contributed by atoms with Crippen LogP contribution < -0.4 is 0 Å². The molecular formula is C10H16S. The first-order valence-corrected chi connectivity index (χ1v) is 4.55. The quantitative estimate of drug-likeness (QED) is 0.609. The molecule has 0 nitrogen and oxygen atoms in total. The van der Waals surface area contributed by atoms with E-state index in [0.717, 1.165) is 11.3 Å². The SMILES string of the molecule is CC.CCc1ccc(S)cc1. The molecule has 0 saturated heterocycles. The van der Waals surface area contributed by atoms with Crippen molar-refractivity contribution >= 4 is 12.6 Å². The van der Waals surface area contributed by atoms with E-state index in [4.69, 9.17) is 0 Å². The molecule has 1 aromatic carbocycles. The monoisotopic (exact) mass is 168 g/mol. The van der Waals surface area contributed by atoms with Crippen molar-refractivity contribution in [3.63, 3.8) is 0 Å². The molecule has 0 N–H and O–H groups in total. The molecule has 0 atom stereocenters. The van der Waals surface area contributed by atoms with Gasteiger partial charge < -0.3 is 0 Å². The minimum atomic E-state index is 1.03. The molecule has 1 aromatic rings. The minimum absolute atomic E-state index is 1.03. The molecule has 0 amide bonds. The Hall–Kier alpha value is -0.430. The molecule has 0 saturated carbocycles. The van der Waals surface area contributed by atoms with Gasteiger partial charge in [0.05, 0.1) is 0 Å². The molecule has 0 heterocycles. The van der Waals surface area contributed by atoms with Gasteiger partial charge in [-0.15, -0.1) is 12.6 Å². The Kier molecular flexibility index (Phi) is 6.05. The Balaban J connectivity index is 0.000000461. The summed E-state index contributed by atoms with van der Waals surface area (Å²) >= 11 is 4.17. The summed E-state index contributed by atoms with van der Waals surface area (Å²) in [5.74, 6) is 0. The minimum Gasteiger partial charge on any atom is -0.143 e. The second kappa shape index (κ2) is 6.29. The van der Waals surface area contributed by atoms with Gasteiger partial charge in [-0.05, 0) is 24.1 Å². The molecule has 0 aliphatic heterocycles. The molecule has 1 rings (SSSR count). The van der Waals surface area contributed by atoms with Gasteiger partial charge in [-0.25, -0.2) is 0 Å². The van der Waals surface area contributed by atoms with Crippen molar-refractivity contribution in [2.45, 2.75) is 32.1 Å². The molecule has 0 aromatic heterocycles. The first-order chi connectivity index (χ1) is 5.33. The lowest BCUT2D eigenvalue weighted by Gasteiger charge is -1.93. The van der Waals surface area contributed by atoms with E-state index in [1.807, 2.05) is 26.0 Å². The standard InChI is InChI=1S/C8H10S.C2H6/c1-2-7-3-5-8(9)6-4-7;1-2/h3-6,9H,2H2,1H3;1-2H3. The number of thiol groups is 1. The summed E-state index contributed by atoms with van der Waals surface area (Å²) in [5, 5.41) is 0. The predicted molar refractivity (Wildman–Crippen MR) is 54.4 cm³/mol. The highest BCUT2D eigenvalue weighted by Gasteiger charge is 1.85. The second-order valence-corrected chi connectivity index (χ2v) is 2.54. The molecule has 0 radical (unpaired) electrons. The van der Waals surface area contributed by atoms with E-state index in [0.29, 0.717) is 0 Å². The van der Waals surface area contributed by atoms with Crippen LogP contribution in [-0.2, 0) is 6.42 Å². The average molecular weight is 168 g/mol. The smallest absolute Gasteiger partial charge is 0.00401 e. The summed E-state index contributed by atoms with van der Waals surface area (Å²) in [4.78, 5) is 1.03. The van der Waals surface area contributed by atoms with E-state index in [-0.39, 0.29) is 0 Å². The Morgan fingerprint density at radius 3 is 1.91 bits per heavy atom. The van der Waals surface area contributed by atoms with Gasteiger partial charge >= 0.3 is 0 Å². The molecule has 0 bridgehead atoms. The summed E-state index contributed by atoms with van der Waals surface area (Å²) in [6, 6.07) is 8.23. The summed E-state index contributed by atoms with van der Waals surface area (Å²) in [6.45, 7) is 6.15. The first kappa shape index (κ1) is 10.6. The Labute approximate surface area is 75.1 Å². The largest absolute Gasteiger partial charge is 0.143 e. The van der Waals surface area contributed by atoms with Gasteiger partial charge in [-0.3, -0.25) is 0 Å². The fraction of sp³-hybridized carbons (Fsp3) is 0.400. The maximum absolute atomic E-state index is 4.17. The van der Waals surface area contributed by atoms with Gasteiger partial charge in [-0.1, -0.05) is 32.9 Å². The van der Waals surface area contributed by atoms with Crippen molar-refractivity contribution in [2.24, 2.45) is 0 Å². The van der Waals surface area contributed by atoms with E-state index in [9.17, 15) is 0 Å². The molecule has 0 aliphatic rings. The van der Waals surface area contributed by atoms with Crippen LogP contribution in [0.15, 0.2) is 29.2 Å². The van der Waals surface area contributed by atoms with E-state index in [1.165, 1.54) is 5.56 Å². The van der Waals surface area contributed by atoms with Crippen LogP contribution in [0.25, 0.3) is 0 Å². The van der Waals surface area contributed by atoms with Crippen molar-refractivity contribution in [1.29, 1.82) is 0 Å². The number of aryl methyl sites for hydroxylation is 1. The Bertz CT molecular complexity index is 177. The highest BCUT2D eigenvalue weighted by atomic mass is 32.1. The third-order valence-electron chi connectivity index (χ3n) is 1.34. The molecule has 0 fully saturated rings. The highest BCUT2D eigenvalue weighted by molar-refractivity contribution is 7.80. The maximum atomic E-state index is 4.17. The Morgan fingerprint density at radius 2 is 1.55 bits per heavy atom. The van der Waals surface area contributed by atoms with Gasteiger partial charge in [0.25, 0.3) is 0 Å². The van der Waals surface area contributed by atoms with Crippen molar-refractivity contribution in [1.82, 2.24) is 0 Å². The van der Waals surface area contributed by atoms with Crippen LogP contribution in [0.5, 0.6) is 0 Å². The van der Waals surface area contributed by atoms with E-state index in [1.54, 1.807) is 0 Å². The summed E-state index contributed by atoms with van der Waals surface area (Å²) in [6.07, 6.45) is 1.11. The van der Waals surface area contributed by atoms with Crippen LogP contribution in [0, 0.1) is 0 Å². The molecule has 62 valence electrons. The van der Waals surface area contributed by atoms with Crippen LogP contribution in [0.1, 0.15) is 26.3 Å². The number of rotatable bonds is 1. The maximum Gasteiger partial charge on any atom is 0.00401 e. The van der Waals surface area contributed by atoms with Crippen molar-refractivity contribution in [2.75, 3.05) is 0 Å². The van der Waals surface area contributed by atoms with Gasteiger partial charge in [0.2, 0.25) is 0 Å². The first-order valence-electron chi connectivity index (χ1n) is 4.11. The second-order valence-electron chi connectivity index (χ2n) is 2.02. The van der Waals surface area contributed by atoms with Crippen LogP contribution in [0.3, 0.4) is 0 Å². The summed E-state index contributed by atoms with van der Waals surface area (Å²) < 4.78 is 0. The fourth-order valence-electron chi connectivity index (χ4n) is 0.732.